The maximum atomic E-state index is 11.1. The Labute approximate surface area is 135 Å². The van der Waals surface area contributed by atoms with E-state index in [1.807, 2.05) is 24.3 Å². The van der Waals surface area contributed by atoms with Gasteiger partial charge in [0.15, 0.2) is 23.0 Å². The Morgan fingerprint density at radius 3 is 1.26 bits per heavy atom. The fourth-order valence-electron chi connectivity index (χ4n) is 3.15. The van der Waals surface area contributed by atoms with Gasteiger partial charge in [-0.1, -0.05) is 0 Å². The van der Waals surface area contributed by atoms with Crippen molar-refractivity contribution in [3.8, 4) is 34.1 Å². The highest BCUT2D eigenvalue weighted by molar-refractivity contribution is 5.84. The lowest BCUT2D eigenvalue weighted by molar-refractivity contribution is 0.107. The van der Waals surface area contributed by atoms with E-state index in [4.69, 9.17) is 18.9 Å². The molecule has 0 unspecified atom stereocenters. The number of hydrogen-bond acceptors (Lipinski definition) is 5. The number of benzene rings is 2. The van der Waals surface area contributed by atoms with Gasteiger partial charge in [-0.25, -0.2) is 0 Å². The second kappa shape index (κ2) is 5.35. The van der Waals surface area contributed by atoms with Gasteiger partial charge in [0.2, 0.25) is 0 Å². The predicted octanol–water partition coefficient (Wildman–Crippen LogP) is 2.96. The van der Waals surface area contributed by atoms with Gasteiger partial charge >= 0.3 is 0 Å². The van der Waals surface area contributed by atoms with Crippen LogP contribution in [0.1, 0.15) is 18.1 Å². The summed E-state index contributed by atoms with van der Waals surface area (Å²) < 4.78 is 21.5. The van der Waals surface area contributed by atoms with Crippen molar-refractivity contribution in [3.05, 3.63) is 35.4 Å². The van der Waals surface area contributed by atoms with E-state index in [-0.39, 0.29) is 0 Å². The molecule has 0 saturated heterocycles. The van der Waals surface area contributed by atoms with Gasteiger partial charge in [0.25, 0.3) is 0 Å². The molecule has 3 rings (SSSR count). The number of hydrogen-bond donors (Lipinski definition) is 1. The van der Waals surface area contributed by atoms with Gasteiger partial charge in [-0.3, -0.25) is 0 Å². The van der Waals surface area contributed by atoms with Gasteiger partial charge in [-0.05, 0) is 53.4 Å². The maximum Gasteiger partial charge on any atom is 0.161 e. The van der Waals surface area contributed by atoms with E-state index in [0.29, 0.717) is 23.0 Å². The molecule has 2 aromatic rings. The number of methoxy groups -OCH3 is 4. The molecule has 5 nitrogen and oxygen atoms in total. The molecule has 23 heavy (non-hydrogen) atoms. The van der Waals surface area contributed by atoms with Crippen molar-refractivity contribution < 1.29 is 24.1 Å². The number of ether oxygens (including phenoxy) is 4. The smallest absolute Gasteiger partial charge is 0.161 e. The average molecular weight is 316 g/mol. The third kappa shape index (κ3) is 2.11. The highest BCUT2D eigenvalue weighted by Crippen LogP contribution is 2.53. The van der Waals surface area contributed by atoms with Gasteiger partial charge in [-0.15, -0.1) is 0 Å². The van der Waals surface area contributed by atoms with E-state index in [1.54, 1.807) is 35.4 Å². The second-order valence-corrected chi connectivity index (χ2v) is 5.58. The van der Waals surface area contributed by atoms with Crippen LogP contribution in [0.4, 0.5) is 0 Å². The maximum absolute atomic E-state index is 11.1. The summed E-state index contributed by atoms with van der Waals surface area (Å²) >= 11 is 0. The van der Waals surface area contributed by atoms with Crippen molar-refractivity contribution in [1.29, 1.82) is 0 Å². The molecule has 0 amide bonds. The van der Waals surface area contributed by atoms with E-state index >= 15 is 0 Å². The summed E-state index contributed by atoms with van der Waals surface area (Å²) in [4.78, 5) is 0. The molecule has 0 aromatic heterocycles. The average Bonchev–Trinajstić information content (AvgIpc) is 2.79. The third-order valence-electron chi connectivity index (χ3n) is 4.39. The highest BCUT2D eigenvalue weighted by Gasteiger charge is 2.40. The molecule has 0 radical (unpaired) electrons. The lowest BCUT2D eigenvalue weighted by Gasteiger charge is -2.21. The first-order chi connectivity index (χ1) is 11.0. The summed E-state index contributed by atoms with van der Waals surface area (Å²) in [6, 6.07) is 7.38. The van der Waals surface area contributed by atoms with Crippen LogP contribution in [0.3, 0.4) is 0 Å². The van der Waals surface area contributed by atoms with Crippen LogP contribution in [0.5, 0.6) is 23.0 Å². The fourth-order valence-corrected chi connectivity index (χ4v) is 3.15. The predicted molar refractivity (Wildman–Crippen MR) is 86.8 cm³/mol. The molecule has 0 spiro atoms. The topological polar surface area (TPSA) is 57.2 Å². The molecule has 0 heterocycles. The molecule has 0 aliphatic heterocycles. The Kier molecular flexibility index (Phi) is 3.60. The standard InChI is InChI=1S/C18H20O5/c1-18(19)12-8-16(22-4)14(20-2)6-10(12)11-7-15(21-3)17(23-5)9-13(11)18/h6-9,19H,1-5H3. The minimum absolute atomic E-state index is 0.582. The lowest BCUT2D eigenvalue weighted by atomic mass is 9.93. The van der Waals surface area contributed by atoms with Gasteiger partial charge in [-0.2, -0.15) is 0 Å². The van der Waals surface area contributed by atoms with Crippen molar-refractivity contribution in [3.63, 3.8) is 0 Å². The minimum atomic E-state index is -1.15. The minimum Gasteiger partial charge on any atom is -0.493 e. The van der Waals surface area contributed by atoms with E-state index in [1.165, 1.54) is 0 Å². The molecule has 1 aliphatic carbocycles. The lowest BCUT2D eigenvalue weighted by Crippen LogP contribution is -2.19. The summed E-state index contributed by atoms with van der Waals surface area (Å²) in [6.07, 6.45) is 0. The third-order valence-corrected chi connectivity index (χ3v) is 4.39. The largest absolute Gasteiger partial charge is 0.493 e. The highest BCUT2D eigenvalue weighted by atomic mass is 16.5. The van der Waals surface area contributed by atoms with Crippen LogP contribution >= 0.6 is 0 Å². The Balaban J connectivity index is 2.31. The Hall–Kier alpha value is -2.40. The van der Waals surface area contributed by atoms with Gasteiger partial charge in [0, 0.05) is 0 Å². The molecule has 2 aromatic carbocycles. The molecule has 0 atom stereocenters. The quantitative estimate of drug-likeness (QED) is 0.940. The molecule has 5 heteroatoms. The van der Waals surface area contributed by atoms with Gasteiger partial charge in [0.1, 0.15) is 5.60 Å². The van der Waals surface area contributed by atoms with E-state index in [2.05, 4.69) is 0 Å². The van der Waals surface area contributed by atoms with Gasteiger partial charge < -0.3 is 24.1 Å². The first-order valence-electron chi connectivity index (χ1n) is 7.23. The van der Waals surface area contributed by atoms with Crippen molar-refractivity contribution in [2.75, 3.05) is 28.4 Å². The van der Waals surface area contributed by atoms with Crippen molar-refractivity contribution >= 4 is 0 Å². The van der Waals surface area contributed by atoms with Crippen LogP contribution < -0.4 is 18.9 Å². The van der Waals surface area contributed by atoms with Gasteiger partial charge in [0.05, 0.1) is 28.4 Å². The molecule has 1 aliphatic rings. The molecule has 0 fully saturated rings. The monoisotopic (exact) mass is 316 g/mol. The van der Waals surface area contributed by atoms with Crippen LogP contribution in [-0.4, -0.2) is 33.5 Å². The molecule has 122 valence electrons. The fraction of sp³-hybridized carbons (Fsp3) is 0.333. The van der Waals surface area contributed by atoms with Crippen LogP contribution in [0.2, 0.25) is 0 Å². The Morgan fingerprint density at radius 2 is 0.957 bits per heavy atom. The van der Waals surface area contributed by atoms with Crippen LogP contribution in [0, 0.1) is 0 Å². The van der Waals surface area contributed by atoms with Crippen molar-refractivity contribution in [1.82, 2.24) is 0 Å². The summed E-state index contributed by atoms with van der Waals surface area (Å²) in [6.45, 7) is 1.76. The molecular weight excluding hydrogens is 296 g/mol. The summed E-state index contributed by atoms with van der Waals surface area (Å²) in [5.41, 5.74) is 2.16. The van der Waals surface area contributed by atoms with Crippen LogP contribution in [0.25, 0.3) is 11.1 Å². The molecule has 1 N–H and O–H groups in total. The molecule has 0 saturated carbocycles. The SMILES string of the molecule is COc1cc2c(cc1OC)C(C)(O)c1cc(OC)c(OC)cc1-2. The normalized spacial score (nSPS) is 14.0. The Bertz CT molecular complexity index is 701. The molecular formula is C18H20O5. The Morgan fingerprint density at radius 1 is 0.652 bits per heavy atom. The summed E-state index contributed by atoms with van der Waals surface area (Å²) in [7, 11) is 6.33. The van der Waals surface area contributed by atoms with E-state index in [9.17, 15) is 5.11 Å². The van der Waals surface area contributed by atoms with Crippen molar-refractivity contribution in [2.45, 2.75) is 12.5 Å². The zero-order valence-corrected chi connectivity index (χ0v) is 13.9. The molecule has 0 bridgehead atoms. The van der Waals surface area contributed by atoms with Crippen LogP contribution in [0.15, 0.2) is 24.3 Å². The van der Waals surface area contributed by atoms with Crippen molar-refractivity contribution in [2.24, 2.45) is 0 Å². The second-order valence-electron chi connectivity index (χ2n) is 5.58. The number of fused-ring (bicyclic) bond motifs is 3. The summed E-state index contributed by atoms with van der Waals surface area (Å²) in [5, 5.41) is 11.1. The first kappa shape index (κ1) is 15.5. The zero-order chi connectivity index (χ0) is 16.8. The van der Waals surface area contributed by atoms with E-state index in [0.717, 1.165) is 22.3 Å². The number of aliphatic hydroxyl groups is 1. The summed E-state index contributed by atoms with van der Waals surface area (Å²) in [5.74, 6) is 2.39. The number of rotatable bonds is 4. The van der Waals surface area contributed by atoms with E-state index < -0.39 is 5.60 Å². The van der Waals surface area contributed by atoms with Crippen LogP contribution in [-0.2, 0) is 5.60 Å². The first-order valence-corrected chi connectivity index (χ1v) is 7.23. The zero-order valence-electron chi connectivity index (χ0n) is 13.9.